The Morgan fingerprint density at radius 3 is 3.00 bits per heavy atom. The van der Waals surface area contributed by atoms with Gasteiger partial charge in [0.05, 0.1) is 12.6 Å². The number of carbonyl (C=O) groups is 1. The molecule has 1 saturated heterocycles. The zero-order valence-electron chi connectivity index (χ0n) is 10.6. The van der Waals surface area contributed by atoms with E-state index in [-0.39, 0.29) is 11.9 Å². The first-order valence-corrected chi connectivity index (χ1v) is 6.03. The van der Waals surface area contributed by atoms with E-state index in [1.807, 2.05) is 17.9 Å². The number of rotatable bonds is 4. The van der Waals surface area contributed by atoms with Crippen molar-refractivity contribution >= 4 is 5.91 Å². The Morgan fingerprint density at radius 2 is 2.41 bits per heavy atom. The third kappa shape index (κ3) is 2.85. The van der Waals surface area contributed by atoms with Crippen LogP contribution in [0, 0.1) is 6.92 Å². The lowest BCUT2D eigenvalue weighted by Gasteiger charge is -2.17. The predicted molar refractivity (Wildman–Crippen MR) is 63.3 cm³/mol. The van der Waals surface area contributed by atoms with Gasteiger partial charge in [-0.15, -0.1) is 0 Å². The molecule has 5 heteroatoms. The van der Waals surface area contributed by atoms with Gasteiger partial charge in [-0.25, -0.2) is 0 Å². The number of amides is 1. The molecule has 2 heterocycles. The average molecular weight is 237 g/mol. The van der Waals surface area contributed by atoms with Crippen molar-refractivity contribution in [2.24, 2.45) is 0 Å². The van der Waals surface area contributed by atoms with Crippen LogP contribution in [-0.4, -0.2) is 34.6 Å². The number of aromatic nitrogens is 1. The molecule has 1 amide bonds. The molecule has 1 unspecified atom stereocenters. The van der Waals surface area contributed by atoms with Crippen LogP contribution in [0.3, 0.4) is 0 Å². The minimum absolute atomic E-state index is 0.0389. The summed E-state index contributed by atoms with van der Waals surface area (Å²) in [4.78, 5) is 13.9. The third-order valence-corrected chi connectivity index (χ3v) is 2.86. The highest BCUT2D eigenvalue weighted by Crippen LogP contribution is 2.15. The first-order valence-electron chi connectivity index (χ1n) is 6.03. The fraction of sp³-hybridized carbons (Fsp3) is 0.667. The summed E-state index contributed by atoms with van der Waals surface area (Å²) in [6, 6.07) is 2.16. The molecule has 17 heavy (non-hydrogen) atoms. The summed E-state index contributed by atoms with van der Waals surface area (Å²) in [5, 5.41) is 7.19. The summed E-state index contributed by atoms with van der Waals surface area (Å²) in [5.41, 5.74) is 0.820. The first kappa shape index (κ1) is 12.1. The maximum atomic E-state index is 12.1. The molecule has 1 atom stereocenters. The normalized spacial score (nSPS) is 20.6. The topological polar surface area (TPSA) is 58.4 Å². The van der Waals surface area contributed by atoms with Crippen molar-refractivity contribution in [3.8, 4) is 0 Å². The van der Waals surface area contributed by atoms with E-state index < -0.39 is 0 Å². The SMILES string of the molecule is Cc1cc(CN2CCC(NC(C)C)C2=O)no1. The number of likely N-dealkylation sites (tertiary alicyclic amines) is 1. The lowest BCUT2D eigenvalue weighted by Crippen LogP contribution is -2.41. The smallest absolute Gasteiger partial charge is 0.240 e. The van der Waals surface area contributed by atoms with E-state index in [1.165, 1.54) is 0 Å². The monoisotopic (exact) mass is 237 g/mol. The van der Waals surface area contributed by atoms with Crippen LogP contribution in [0.25, 0.3) is 0 Å². The Kier molecular flexibility index (Phi) is 3.47. The van der Waals surface area contributed by atoms with Gasteiger partial charge < -0.3 is 14.7 Å². The van der Waals surface area contributed by atoms with Crippen LogP contribution in [-0.2, 0) is 11.3 Å². The van der Waals surface area contributed by atoms with E-state index in [0.717, 1.165) is 24.4 Å². The number of nitrogens with zero attached hydrogens (tertiary/aromatic N) is 2. The maximum absolute atomic E-state index is 12.1. The van der Waals surface area contributed by atoms with Crippen LogP contribution in [0.1, 0.15) is 31.7 Å². The Labute approximate surface area is 101 Å². The lowest BCUT2D eigenvalue weighted by molar-refractivity contribution is -0.130. The van der Waals surface area contributed by atoms with Crippen molar-refractivity contribution in [3.05, 3.63) is 17.5 Å². The Morgan fingerprint density at radius 1 is 1.65 bits per heavy atom. The molecule has 1 aliphatic heterocycles. The molecule has 5 nitrogen and oxygen atoms in total. The molecule has 1 N–H and O–H groups in total. The van der Waals surface area contributed by atoms with Crippen LogP contribution in [0.15, 0.2) is 10.6 Å². The van der Waals surface area contributed by atoms with Crippen molar-refractivity contribution in [1.29, 1.82) is 0 Å². The zero-order valence-corrected chi connectivity index (χ0v) is 10.6. The van der Waals surface area contributed by atoms with Crippen molar-refractivity contribution in [2.45, 2.75) is 45.8 Å². The van der Waals surface area contributed by atoms with Gasteiger partial charge in [-0.05, 0) is 13.3 Å². The molecule has 1 aromatic heterocycles. The van der Waals surface area contributed by atoms with Crippen LogP contribution in [0.2, 0.25) is 0 Å². The Hall–Kier alpha value is -1.36. The van der Waals surface area contributed by atoms with Crippen LogP contribution >= 0.6 is 0 Å². The molecule has 94 valence electrons. The van der Waals surface area contributed by atoms with Gasteiger partial charge in [-0.2, -0.15) is 0 Å². The summed E-state index contributed by atoms with van der Waals surface area (Å²) in [7, 11) is 0. The molecule has 0 saturated carbocycles. The van der Waals surface area contributed by atoms with Crippen molar-refractivity contribution in [1.82, 2.24) is 15.4 Å². The average Bonchev–Trinajstić information content (AvgIpc) is 2.79. The summed E-state index contributed by atoms with van der Waals surface area (Å²) in [6.45, 7) is 7.29. The van der Waals surface area contributed by atoms with Crippen LogP contribution in [0.5, 0.6) is 0 Å². The van der Waals surface area contributed by atoms with E-state index in [2.05, 4.69) is 24.3 Å². The number of carbonyl (C=O) groups excluding carboxylic acids is 1. The number of hydrogen-bond donors (Lipinski definition) is 1. The molecule has 1 aromatic rings. The molecule has 2 rings (SSSR count). The summed E-state index contributed by atoms with van der Waals surface area (Å²) >= 11 is 0. The molecular weight excluding hydrogens is 218 g/mol. The highest BCUT2D eigenvalue weighted by atomic mass is 16.5. The van der Waals surface area contributed by atoms with E-state index in [1.54, 1.807) is 0 Å². The number of aryl methyl sites for hydroxylation is 1. The quantitative estimate of drug-likeness (QED) is 0.851. The molecule has 0 radical (unpaired) electrons. The second-order valence-corrected chi connectivity index (χ2v) is 4.85. The second kappa shape index (κ2) is 4.87. The summed E-state index contributed by atoms with van der Waals surface area (Å²) in [6.07, 6.45) is 0.869. The van der Waals surface area contributed by atoms with Crippen molar-refractivity contribution in [3.63, 3.8) is 0 Å². The van der Waals surface area contributed by atoms with Crippen molar-refractivity contribution in [2.75, 3.05) is 6.54 Å². The summed E-state index contributed by atoms with van der Waals surface area (Å²) < 4.78 is 5.00. The fourth-order valence-electron chi connectivity index (χ4n) is 2.14. The molecule has 1 fully saturated rings. The Bertz CT molecular complexity index is 400. The largest absolute Gasteiger partial charge is 0.361 e. The van der Waals surface area contributed by atoms with E-state index >= 15 is 0 Å². The highest BCUT2D eigenvalue weighted by molar-refractivity contribution is 5.83. The minimum Gasteiger partial charge on any atom is -0.361 e. The third-order valence-electron chi connectivity index (χ3n) is 2.86. The molecule has 0 aromatic carbocycles. The van der Waals surface area contributed by atoms with Gasteiger partial charge >= 0.3 is 0 Å². The second-order valence-electron chi connectivity index (χ2n) is 4.85. The zero-order chi connectivity index (χ0) is 12.4. The number of nitrogens with one attached hydrogen (secondary N) is 1. The van der Waals surface area contributed by atoms with Gasteiger partial charge in [-0.1, -0.05) is 19.0 Å². The van der Waals surface area contributed by atoms with E-state index in [4.69, 9.17) is 4.52 Å². The first-order chi connectivity index (χ1) is 8.06. The van der Waals surface area contributed by atoms with Gasteiger partial charge in [-0.3, -0.25) is 4.79 Å². The molecular formula is C12H19N3O2. The van der Waals surface area contributed by atoms with E-state index in [9.17, 15) is 4.79 Å². The predicted octanol–water partition coefficient (Wildman–Crippen LogP) is 1.08. The number of hydrogen-bond acceptors (Lipinski definition) is 4. The van der Waals surface area contributed by atoms with Crippen LogP contribution < -0.4 is 5.32 Å². The van der Waals surface area contributed by atoms with Gasteiger partial charge in [0, 0.05) is 18.7 Å². The van der Waals surface area contributed by atoms with Gasteiger partial charge in [0.15, 0.2) is 0 Å². The lowest BCUT2D eigenvalue weighted by atomic mass is 10.2. The van der Waals surface area contributed by atoms with Gasteiger partial charge in [0.25, 0.3) is 0 Å². The molecule has 0 aliphatic carbocycles. The highest BCUT2D eigenvalue weighted by Gasteiger charge is 2.31. The molecule has 1 aliphatic rings. The van der Waals surface area contributed by atoms with Crippen molar-refractivity contribution < 1.29 is 9.32 Å². The summed E-state index contributed by atoms with van der Waals surface area (Å²) in [5.74, 6) is 0.947. The van der Waals surface area contributed by atoms with Gasteiger partial charge in [0.1, 0.15) is 11.5 Å². The fourth-order valence-corrected chi connectivity index (χ4v) is 2.14. The molecule has 0 spiro atoms. The standard InChI is InChI=1S/C12H19N3O2/c1-8(2)13-11-4-5-15(12(11)16)7-10-6-9(3)17-14-10/h6,8,11,13H,4-5,7H2,1-3H3. The van der Waals surface area contributed by atoms with Crippen LogP contribution in [0.4, 0.5) is 0 Å². The van der Waals surface area contributed by atoms with Gasteiger partial charge in [0.2, 0.25) is 5.91 Å². The Balaban J connectivity index is 1.93. The van der Waals surface area contributed by atoms with E-state index in [0.29, 0.717) is 12.6 Å². The maximum Gasteiger partial charge on any atom is 0.240 e. The molecule has 0 bridgehead atoms. The minimum atomic E-state index is -0.0389.